The van der Waals surface area contributed by atoms with Crippen LogP contribution in [0.2, 0.25) is 0 Å². The molecule has 0 aliphatic heterocycles. The van der Waals surface area contributed by atoms with Crippen LogP contribution in [0.1, 0.15) is 19.8 Å². The number of carbonyl (C=O) groups is 2. The molecule has 20 heavy (non-hydrogen) atoms. The summed E-state index contributed by atoms with van der Waals surface area (Å²) in [6, 6.07) is 13.1. The number of ether oxygens (including phenoxy) is 1. The maximum absolute atomic E-state index is 11.9. The number of hydrogen-bond donors (Lipinski definition) is 1. The first kappa shape index (κ1) is 14.1. The highest BCUT2D eigenvalue weighted by atomic mass is 16.5. The molecule has 0 aromatic heterocycles. The van der Waals surface area contributed by atoms with Crippen molar-refractivity contribution in [3.8, 4) is 5.75 Å². The fraction of sp³-hybridized carbons (Fsp3) is 0.250. The Bertz CT molecular complexity index is 633. The van der Waals surface area contributed by atoms with E-state index in [1.165, 1.54) is 0 Å². The van der Waals surface area contributed by atoms with Crippen molar-refractivity contribution < 1.29 is 19.4 Å². The summed E-state index contributed by atoms with van der Waals surface area (Å²) in [6.07, 6.45) is 0.238. The molecule has 0 saturated carbocycles. The molecular formula is C16H16O4. The monoisotopic (exact) mass is 272 g/mol. The predicted octanol–water partition coefficient (Wildman–Crippen LogP) is 3.25. The lowest BCUT2D eigenvalue weighted by molar-refractivity contribution is -0.146. The molecule has 1 atom stereocenters. The number of hydrogen-bond acceptors (Lipinski definition) is 3. The van der Waals surface area contributed by atoms with Crippen molar-refractivity contribution in [1.82, 2.24) is 0 Å². The summed E-state index contributed by atoms with van der Waals surface area (Å²) in [5.41, 5.74) is 0. The Kier molecular flexibility index (Phi) is 4.35. The number of rotatable bonds is 5. The van der Waals surface area contributed by atoms with Crippen LogP contribution in [0.15, 0.2) is 42.5 Å². The largest absolute Gasteiger partial charge is 0.481 e. The van der Waals surface area contributed by atoms with E-state index >= 15 is 0 Å². The molecule has 0 saturated heterocycles. The lowest BCUT2D eigenvalue weighted by atomic mass is 10.0. The summed E-state index contributed by atoms with van der Waals surface area (Å²) in [7, 11) is 0. The minimum atomic E-state index is -0.993. The van der Waals surface area contributed by atoms with Crippen LogP contribution < -0.4 is 4.74 Å². The Morgan fingerprint density at radius 1 is 1.15 bits per heavy atom. The normalized spacial score (nSPS) is 12.1. The second-order valence-corrected chi connectivity index (χ2v) is 4.63. The molecular weight excluding hydrogens is 256 g/mol. The van der Waals surface area contributed by atoms with Gasteiger partial charge in [-0.25, -0.2) is 0 Å². The summed E-state index contributed by atoms with van der Waals surface area (Å²) < 4.78 is 5.27. The number of carboxylic acid groups (broad SMARTS) is 1. The van der Waals surface area contributed by atoms with Crippen molar-refractivity contribution in [2.45, 2.75) is 19.8 Å². The van der Waals surface area contributed by atoms with E-state index in [-0.39, 0.29) is 6.42 Å². The minimum absolute atomic E-state index is 0.205. The standard InChI is InChI=1S/C16H16O4/c1-2-11(10-15(17)18)16(19)20-14-8-7-12-5-3-4-6-13(12)9-14/h3-9,11H,2,10H2,1H3,(H,17,18). The molecule has 0 aliphatic rings. The van der Waals surface area contributed by atoms with Crippen molar-refractivity contribution in [3.05, 3.63) is 42.5 Å². The number of esters is 1. The molecule has 0 aliphatic carbocycles. The van der Waals surface area contributed by atoms with Gasteiger partial charge >= 0.3 is 11.9 Å². The van der Waals surface area contributed by atoms with Crippen molar-refractivity contribution in [3.63, 3.8) is 0 Å². The highest BCUT2D eigenvalue weighted by Gasteiger charge is 2.21. The average molecular weight is 272 g/mol. The van der Waals surface area contributed by atoms with Gasteiger partial charge in [0, 0.05) is 0 Å². The lowest BCUT2D eigenvalue weighted by Gasteiger charge is -2.12. The topological polar surface area (TPSA) is 63.6 Å². The third kappa shape index (κ3) is 3.35. The summed E-state index contributed by atoms with van der Waals surface area (Å²) in [5.74, 6) is -1.66. The summed E-state index contributed by atoms with van der Waals surface area (Å²) in [4.78, 5) is 22.6. The molecule has 2 aromatic rings. The molecule has 0 amide bonds. The Morgan fingerprint density at radius 3 is 2.50 bits per heavy atom. The van der Waals surface area contributed by atoms with Crippen molar-refractivity contribution in [2.75, 3.05) is 0 Å². The van der Waals surface area contributed by atoms with Gasteiger partial charge in [0.1, 0.15) is 5.75 Å². The van der Waals surface area contributed by atoms with Crippen molar-refractivity contribution >= 4 is 22.7 Å². The van der Waals surface area contributed by atoms with Crippen LogP contribution in [0.25, 0.3) is 10.8 Å². The zero-order valence-corrected chi connectivity index (χ0v) is 11.2. The highest BCUT2D eigenvalue weighted by molar-refractivity contribution is 5.85. The van der Waals surface area contributed by atoms with Gasteiger partial charge in [0.15, 0.2) is 0 Å². The molecule has 1 N–H and O–H groups in total. The number of carboxylic acids is 1. The Balaban J connectivity index is 2.14. The van der Waals surface area contributed by atoms with E-state index in [4.69, 9.17) is 9.84 Å². The molecule has 0 heterocycles. The Hall–Kier alpha value is -2.36. The minimum Gasteiger partial charge on any atom is -0.481 e. The third-order valence-electron chi connectivity index (χ3n) is 3.19. The van der Waals surface area contributed by atoms with Crippen LogP contribution in [0.5, 0.6) is 5.75 Å². The van der Waals surface area contributed by atoms with Gasteiger partial charge in [-0.3, -0.25) is 9.59 Å². The predicted molar refractivity (Wildman–Crippen MR) is 75.6 cm³/mol. The van der Waals surface area contributed by atoms with Gasteiger partial charge in [-0.1, -0.05) is 37.3 Å². The second kappa shape index (κ2) is 6.19. The average Bonchev–Trinajstić information content (AvgIpc) is 2.44. The van der Waals surface area contributed by atoms with E-state index in [2.05, 4.69) is 0 Å². The molecule has 1 unspecified atom stereocenters. The summed E-state index contributed by atoms with van der Waals surface area (Å²) >= 11 is 0. The summed E-state index contributed by atoms with van der Waals surface area (Å²) in [5, 5.41) is 10.8. The van der Waals surface area contributed by atoms with E-state index < -0.39 is 17.9 Å². The molecule has 0 bridgehead atoms. The molecule has 0 spiro atoms. The third-order valence-corrected chi connectivity index (χ3v) is 3.19. The number of fused-ring (bicyclic) bond motifs is 1. The SMILES string of the molecule is CCC(CC(=O)O)C(=O)Oc1ccc2ccccc2c1. The van der Waals surface area contributed by atoms with Gasteiger partial charge in [0.05, 0.1) is 12.3 Å². The zero-order valence-electron chi connectivity index (χ0n) is 11.2. The molecule has 4 nitrogen and oxygen atoms in total. The second-order valence-electron chi connectivity index (χ2n) is 4.63. The van der Waals surface area contributed by atoms with Gasteiger partial charge in [-0.05, 0) is 29.3 Å². The van der Waals surface area contributed by atoms with Crippen LogP contribution in [-0.2, 0) is 9.59 Å². The fourth-order valence-electron chi connectivity index (χ4n) is 2.04. The van der Waals surface area contributed by atoms with Gasteiger partial charge in [-0.15, -0.1) is 0 Å². The van der Waals surface area contributed by atoms with Crippen LogP contribution >= 0.6 is 0 Å². The van der Waals surface area contributed by atoms with E-state index in [0.29, 0.717) is 12.2 Å². The Morgan fingerprint density at radius 2 is 1.85 bits per heavy atom. The molecule has 2 aromatic carbocycles. The quantitative estimate of drug-likeness (QED) is 0.670. The van der Waals surface area contributed by atoms with E-state index in [0.717, 1.165) is 10.8 Å². The van der Waals surface area contributed by atoms with Gasteiger partial charge in [0.2, 0.25) is 0 Å². The van der Waals surface area contributed by atoms with Crippen LogP contribution in [-0.4, -0.2) is 17.0 Å². The first-order valence-electron chi connectivity index (χ1n) is 6.52. The van der Waals surface area contributed by atoms with E-state index in [1.807, 2.05) is 30.3 Å². The summed E-state index contributed by atoms with van der Waals surface area (Å²) in [6.45, 7) is 1.77. The maximum atomic E-state index is 11.9. The van der Waals surface area contributed by atoms with Gasteiger partial charge in [0.25, 0.3) is 0 Å². The van der Waals surface area contributed by atoms with Gasteiger partial charge < -0.3 is 9.84 Å². The van der Waals surface area contributed by atoms with E-state index in [1.54, 1.807) is 19.1 Å². The number of benzene rings is 2. The van der Waals surface area contributed by atoms with E-state index in [9.17, 15) is 9.59 Å². The van der Waals surface area contributed by atoms with Crippen LogP contribution in [0.4, 0.5) is 0 Å². The molecule has 2 rings (SSSR count). The zero-order chi connectivity index (χ0) is 14.5. The molecule has 104 valence electrons. The first-order valence-corrected chi connectivity index (χ1v) is 6.52. The fourth-order valence-corrected chi connectivity index (χ4v) is 2.04. The van der Waals surface area contributed by atoms with Crippen LogP contribution in [0, 0.1) is 5.92 Å². The first-order chi connectivity index (χ1) is 9.60. The van der Waals surface area contributed by atoms with Gasteiger partial charge in [-0.2, -0.15) is 0 Å². The number of carbonyl (C=O) groups excluding carboxylic acids is 1. The van der Waals surface area contributed by atoms with Crippen LogP contribution in [0.3, 0.4) is 0 Å². The van der Waals surface area contributed by atoms with Crippen molar-refractivity contribution in [1.29, 1.82) is 0 Å². The maximum Gasteiger partial charge on any atom is 0.314 e. The number of aliphatic carboxylic acids is 1. The Labute approximate surface area is 117 Å². The van der Waals surface area contributed by atoms with Crippen molar-refractivity contribution in [2.24, 2.45) is 5.92 Å². The molecule has 0 radical (unpaired) electrons. The molecule has 4 heteroatoms. The lowest BCUT2D eigenvalue weighted by Crippen LogP contribution is -2.22. The molecule has 0 fully saturated rings. The highest BCUT2D eigenvalue weighted by Crippen LogP contribution is 2.22. The smallest absolute Gasteiger partial charge is 0.314 e.